The number of anilines is 3. The van der Waals surface area contributed by atoms with Crippen LogP contribution >= 0.6 is 11.6 Å². The Labute approximate surface area is 232 Å². The molecule has 4 aromatic rings. The SMILES string of the molecule is C=CC(=O)Nc1cc2c(Nc3cnc(OCc4ccccn4)c(Cl)c3)ncnc2cc1OCC(C)(C)N(C)C. The third kappa shape index (κ3) is 6.98. The molecule has 0 fully saturated rings. The summed E-state index contributed by atoms with van der Waals surface area (Å²) in [4.78, 5) is 31.6. The van der Waals surface area contributed by atoms with Crippen molar-refractivity contribution >= 4 is 45.6 Å². The molecule has 3 aromatic heterocycles. The number of hydrogen-bond donors (Lipinski definition) is 2. The second kappa shape index (κ2) is 12.1. The number of carbonyl (C=O) groups is 1. The lowest BCUT2D eigenvalue weighted by molar-refractivity contribution is -0.111. The van der Waals surface area contributed by atoms with E-state index < -0.39 is 0 Å². The number of nitrogens with one attached hydrogen (secondary N) is 2. The molecule has 2 N–H and O–H groups in total. The van der Waals surface area contributed by atoms with E-state index in [2.05, 4.69) is 55.9 Å². The lowest BCUT2D eigenvalue weighted by Crippen LogP contribution is -2.43. The first-order valence-corrected chi connectivity index (χ1v) is 12.5. The quantitative estimate of drug-likeness (QED) is 0.243. The molecular formula is C28H30ClN7O3. The number of carbonyl (C=O) groups excluding carboxylic acids is 1. The van der Waals surface area contributed by atoms with Crippen LogP contribution in [0.4, 0.5) is 17.2 Å². The van der Waals surface area contributed by atoms with Crippen molar-refractivity contribution in [2.45, 2.75) is 26.0 Å². The molecule has 0 saturated carbocycles. The summed E-state index contributed by atoms with van der Waals surface area (Å²) in [7, 11) is 3.96. The number of benzene rings is 1. The van der Waals surface area contributed by atoms with E-state index in [0.717, 1.165) is 5.69 Å². The number of ether oxygens (including phenoxy) is 2. The Morgan fingerprint density at radius 3 is 2.64 bits per heavy atom. The largest absolute Gasteiger partial charge is 0.489 e. The maximum atomic E-state index is 12.2. The van der Waals surface area contributed by atoms with Crippen molar-refractivity contribution in [3.8, 4) is 11.6 Å². The van der Waals surface area contributed by atoms with Crippen molar-refractivity contribution in [3.63, 3.8) is 0 Å². The first-order valence-electron chi connectivity index (χ1n) is 12.1. The predicted octanol–water partition coefficient (Wildman–Crippen LogP) is 5.24. The van der Waals surface area contributed by atoms with Crippen LogP contribution in [0.5, 0.6) is 11.6 Å². The molecule has 202 valence electrons. The van der Waals surface area contributed by atoms with Crippen LogP contribution in [-0.2, 0) is 11.4 Å². The van der Waals surface area contributed by atoms with E-state index >= 15 is 0 Å². The summed E-state index contributed by atoms with van der Waals surface area (Å²) in [5.74, 6) is 0.901. The van der Waals surface area contributed by atoms with Gasteiger partial charge < -0.3 is 25.0 Å². The third-order valence-corrected chi connectivity index (χ3v) is 6.40. The minimum Gasteiger partial charge on any atom is -0.489 e. The number of fused-ring (bicyclic) bond motifs is 1. The Morgan fingerprint density at radius 2 is 1.95 bits per heavy atom. The summed E-state index contributed by atoms with van der Waals surface area (Å²) in [6.45, 7) is 8.30. The molecule has 0 spiro atoms. The number of likely N-dealkylation sites (N-methyl/N-ethyl adjacent to an activating group) is 1. The average molecular weight is 548 g/mol. The maximum Gasteiger partial charge on any atom is 0.247 e. The lowest BCUT2D eigenvalue weighted by Gasteiger charge is -2.32. The van der Waals surface area contributed by atoms with Crippen molar-refractivity contribution < 1.29 is 14.3 Å². The molecule has 11 heteroatoms. The summed E-state index contributed by atoms with van der Waals surface area (Å²) in [5.41, 5.74) is 2.20. The van der Waals surface area contributed by atoms with E-state index in [1.165, 1.54) is 12.4 Å². The highest BCUT2D eigenvalue weighted by Gasteiger charge is 2.23. The van der Waals surface area contributed by atoms with E-state index in [-0.39, 0.29) is 23.9 Å². The van der Waals surface area contributed by atoms with E-state index in [4.69, 9.17) is 21.1 Å². The molecule has 0 radical (unpaired) electrons. The van der Waals surface area contributed by atoms with Crippen LogP contribution in [0.3, 0.4) is 0 Å². The first-order chi connectivity index (χ1) is 18.7. The van der Waals surface area contributed by atoms with Gasteiger partial charge in [-0.3, -0.25) is 9.78 Å². The molecule has 39 heavy (non-hydrogen) atoms. The predicted molar refractivity (Wildman–Crippen MR) is 153 cm³/mol. The molecule has 0 unspecified atom stereocenters. The second-order valence-corrected chi connectivity index (χ2v) is 9.93. The molecule has 0 saturated heterocycles. The summed E-state index contributed by atoms with van der Waals surface area (Å²) < 4.78 is 11.9. The minimum atomic E-state index is -0.366. The van der Waals surface area contributed by atoms with Gasteiger partial charge in [-0.05, 0) is 58.3 Å². The standard InChI is InChI=1S/C28H30ClN7O3/c1-6-25(37)35-23-12-20-22(13-24(23)39-16-28(2,3)36(4)5)32-17-33-26(20)34-19-11-21(29)27(31-14-19)38-15-18-9-7-8-10-30-18/h6-14,17H,1,15-16H2,2-5H3,(H,35,37)(H,32,33,34). The van der Waals surface area contributed by atoms with Crippen LogP contribution in [0.25, 0.3) is 10.9 Å². The summed E-state index contributed by atoms with van der Waals surface area (Å²) >= 11 is 6.44. The fourth-order valence-electron chi connectivity index (χ4n) is 3.33. The van der Waals surface area contributed by atoms with Gasteiger partial charge in [0.05, 0.1) is 28.8 Å². The average Bonchev–Trinajstić information content (AvgIpc) is 2.92. The zero-order valence-electron chi connectivity index (χ0n) is 22.2. The van der Waals surface area contributed by atoms with Gasteiger partial charge in [0, 0.05) is 23.2 Å². The van der Waals surface area contributed by atoms with Crippen LogP contribution in [-0.4, -0.2) is 57.0 Å². The number of aromatic nitrogens is 4. The molecule has 0 bridgehead atoms. The van der Waals surface area contributed by atoms with Crippen molar-refractivity contribution in [2.75, 3.05) is 31.3 Å². The highest BCUT2D eigenvalue weighted by Crippen LogP contribution is 2.35. The monoisotopic (exact) mass is 547 g/mol. The fourth-order valence-corrected chi connectivity index (χ4v) is 3.55. The topological polar surface area (TPSA) is 114 Å². The van der Waals surface area contributed by atoms with Gasteiger partial charge in [0.1, 0.15) is 36.1 Å². The van der Waals surface area contributed by atoms with Gasteiger partial charge in [-0.2, -0.15) is 0 Å². The summed E-state index contributed by atoms with van der Waals surface area (Å²) in [5, 5.41) is 7.03. The normalized spacial score (nSPS) is 11.3. The zero-order valence-corrected chi connectivity index (χ0v) is 23.0. The maximum absolute atomic E-state index is 12.2. The van der Waals surface area contributed by atoms with Gasteiger partial charge in [0.15, 0.2) is 0 Å². The molecule has 1 amide bonds. The smallest absolute Gasteiger partial charge is 0.247 e. The Balaban J connectivity index is 1.60. The molecular weight excluding hydrogens is 518 g/mol. The second-order valence-electron chi connectivity index (χ2n) is 9.52. The number of halogens is 1. The Hall–Kier alpha value is -4.28. The number of rotatable bonds is 11. The van der Waals surface area contributed by atoms with Gasteiger partial charge in [-0.15, -0.1) is 0 Å². The number of amides is 1. The highest BCUT2D eigenvalue weighted by molar-refractivity contribution is 6.32. The molecule has 0 aliphatic heterocycles. The molecule has 0 atom stereocenters. The van der Waals surface area contributed by atoms with E-state index in [0.29, 0.717) is 45.5 Å². The summed E-state index contributed by atoms with van der Waals surface area (Å²) in [6.07, 6.45) is 5.93. The van der Waals surface area contributed by atoms with Crippen molar-refractivity contribution in [2.24, 2.45) is 0 Å². The third-order valence-electron chi connectivity index (χ3n) is 6.12. The van der Waals surface area contributed by atoms with Crippen LogP contribution in [0.15, 0.2) is 67.8 Å². The minimum absolute atomic E-state index is 0.242. The molecule has 0 aliphatic rings. The molecule has 3 heterocycles. The van der Waals surface area contributed by atoms with Crippen LogP contribution in [0.1, 0.15) is 19.5 Å². The van der Waals surface area contributed by atoms with E-state index in [9.17, 15) is 4.79 Å². The van der Waals surface area contributed by atoms with Gasteiger partial charge in [-0.25, -0.2) is 15.0 Å². The van der Waals surface area contributed by atoms with Gasteiger partial charge in [0.25, 0.3) is 0 Å². The van der Waals surface area contributed by atoms with Crippen LogP contribution in [0, 0.1) is 0 Å². The lowest BCUT2D eigenvalue weighted by atomic mass is 10.1. The van der Waals surface area contributed by atoms with Crippen molar-refractivity contribution in [1.29, 1.82) is 0 Å². The molecule has 4 rings (SSSR count). The van der Waals surface area contributed by atoms with Gasteiger partial charge in [-0.1, -0.05) is 24.2 Å². The number of pyridine rings is 2. The molecule has 10 nitrogen and oxygen atoms in total. The Morgan fingerprint density at radius 1 is 1.13 bits per heavy atom. The molecule has 1 aromatic carbocycles. The van der Waals surface area contributed by atoms with Crippen molar-refractivity contribution in [3.05, 3.63) is 78.5 Å². The fraction of sp³-hybridized carbons (Fsp3) is 0.250. The van der Waals surface area contributed by atoms with Crippen LogP contribution < -0.4 is 20.1 Å². The Kier molecular flexibility index (Phi) is 8.58. The van der Waals surface area contributed by atoms with E-state index in [1.807, 2.05) is 32.3 Å². The number of hydrogen-bond acceptors (Lipinski definition) is 9. The van der Waals surface area contributed by atoms with E-state index in [1.54, 1.807) is 30.6 Å². The zero-order chi connectivity index (χ0) is 28.0. The van der Waals surface area contributed by atoms with Crippen molar-refractivity contribution in [1.82, 2.24) is 24.8 Å². The highest BCUT2D eigenvalue weighted by atomic mass is 35.5. The number of nitrogens with zero attached hydrogens (tertiary/aromatic N) is 5. The Bertz CT molecular complexity index is 1480. The summed E-state index contributed by atoms with van der Waals surface area (Å²) in [6, 6.07) is 10.8. The first kappa shape index (κ1) is 27.7. The van der Waals surface area contributed by atoms with Gasteiger partial charge >= 0.3 is 0 Å². The molecule has 0 aliphatic carbocycles. The van der Waals surface area contributed by atoms with Gasteiger partial charge in [0.2, 0.25) is 11.8 Å². The van der Waals surface area contributed by atoms with Crippen LogP contribution in [0.2, 0.25) is 5.02 Å².